The van der Waals surface area contributed by atoms with Crippen molar-refractivity contribution in [3.63, 3.8) is 0 Å². The molecule has 1 aliphatic heterocycles. The van der Waals surface area contributed by atoms with Gasteiger partial charge in [-0.05, 0) is 31.5 Å². The third kappa shape index (κ3) is 2.16. The van der Waals surface area contributed by atoms with Crippen LogP contribution in [0.15, 0.2) is 18.2 Å². The maximum Gasteiger partial charge on any atom is 0.285 e. The van der Waals surface area contributed by atoms with Gasteiger partial charge in [-0.25, -0.2) is 0 Å². The Morgan fingerprint density at radius 3 is 3.00 bits per heavy atom. The van der Waals surface area contributed by atoms with Crippen LogP contribution in [0.5, 0.6) is 5.75 Å². The van der Waals surface area contributed by atoms with Crippen LogP contribution in [0, 0.1) is 0 Å². The van der Waals surface area contributed by atoms with Crippen molar-refractivity contribution in [1.29, 1.82) is 0 Å². The lowest BCUT2D eigenvalue weighted by atomic mass is 10.0. The maximum absolute atomic E-state index is 13.6. The second-order valence-corrected chi connectivity index (χ2v) is 4.01. The standard InChI is InChI=1S/C12H15F2NO/c1-15-8-12(13,14)10-5-4-9-3-2-6-16-11(9)7-10/h4-5,7,15H,2-3,6,8H2,1H3. The molecule has 1 aromatic carbocycles. The van der Waals surface area contributed by atoms with Crippen molar-refractivity contribution in [3.8, 4) is 5.75 Å². The Kier molecular flexibility index (Phi) is 3.10. The molecule has 2 nitrogen and oxygen atoms in total. The number of rotatable bonds is 3. The highest BCUT2D eigenvalue weighted by Crippen LogP contribution is 2.33. The Balaban J connectivity index is 2.29. The number of benzene rings is 1. The highest BCUT2D eigenvalue weighted by molar-refractivity contribution is 5.40. The van der Waals surface area contributed by atoms with E-state index in [0.717, 1.165) is 18.4 Å². The molecule has 0 radical (unpaired) electrons. The van der Waals surface area contributed by atoms with Crippen molar-refractivity contribution in [1.82, 2.24) is 5.32 Å². The van der Waals surface area contributed by atoms with Gasteiger partial charge in [0.15, 0.2) is 0 Å². The van der Waals surface area contributed by atoms with Gasteiger partial charge in [0.1, 0.15) is 5.75 Å². The minimum absolute atomic E-state index is 0.0162. The van der Waals surface area contributed by atoms with Gasteiger partial charge < -0.3 is 10.1 Å². The smallest absolute Gasteiger partial charge is 0.285 e. The molecule has 16 heavy (non-hydrogen) atoms. The number of halogens is 2. The average molecular weight is 227 g/mol. The lowest BCUT2D eigenvalue weighted by molar-refractivity contribution is -0.00154. The van der Waals surface area contributed by atoms with Gasteiger partial charge in [0.2, 0.25) is 0 Å². The fourth-order valence-electron chi connectivity index (χ4n) is 1.89. The van der Waals surface area contributed by atoms with E-state index in [9.17, 15) is 8.78 Å². The number of ether oxygens (including phenoxy) is 1. The molecule has 88 valence electrons. The first-order chi connectivity index (χ1) is 7.63. The summed E-state index contributed by atoms with van der Waals surface area (Å²) in [6.45, 7) is 0.264. The SMILES string of the molecule is CNCC(F)(F)c1ccc2c(c1)OCCC2. The van der Waals surface area contributed by atoms with Crippen LogP contribution in [0.25, 0.3) is 0 Å². The summed E-state index contributed by atoms with van der Waals surface area (Å²) >= 11 is 0. The number of hydrogen-bond donors (Lipinski definition) is 1. The van der Waals surface area contributed by atoms with Crippen LogP contribution in [0.4, 0.5) is 8.78 Å². The number of hydrogen-bond acceptors (Lipinski definition) is 2. The Labute approximate surface area is 93.6 Å². The molecule has 0 spiro atoms. The van der Waals surface area contributed by atoms with Crippen molar-refractivity contribution < 1.29 is 13.5 Å². The van der Waals surface area contributed by atoms with E-state index >= 15 is 0 Å². The van der Waals surface area contributed by atoms with Crippen LogP contribution >= 0.6 is 0 Å². The molecule has 1 aromatic rings. The third-order valence-corrected chi connectivity index (χ3v) is 2.74. The van der Waals surface area contributed by atoms with E-state index in [1.54, 1.807) is 6.07 Å². The first kappa shape index (κ1) is 11.3. The summed E-state index contributed by atoms with van der Waals surface area (Å²) in [5, 5.41) is 2.50. The Bertz CT molecular complexity index is 379. The molecule has 0 bridgehead atoms. The Morgan fingerprint density at radius 2 is 2.25 bits per heavy atom. The van der Waals surface area contributed by atoms with E-state index in [1.165, 1.54) is 19.2 Å². The van der Waals surface area contributed by atoms with Gasteiger partial charge in [-0.2, -0.15) is 8.78 Å². The second-order valence-electron chi connectivity index (χ2n) is 4.01. The molecule has 1 aliphatic rings. The molecular weight excluding hydrogens is 212 g/mol. The van der Waals surface area contributed by atoms with E-state index in [2.05, 4.69) is 5.32 Å². The molecule has 1 N–H and O–H groups in total. The molecule has 1 heterocycles. The molecule has 0 atom stereocenters. The van der Waals surface area contributed by atoms with Crippen molar-refractivity contribution in [2.45, 2.75) is 18.8 Å². The molecule has 0 saturated carbocycles. The van der Waals surface area contributed by atoms with Gasteiger partial charge in [0, 0.05) is 5.56 Å². The van der Waals surface area contributed by atoms with Crippen molar-refractivity contribution in [2.75, 3.05) is 20.2 Å². The van der Waals surface area contributed by atoms with Gasteiger partial charge >= 0.3 is 0 Å². The average Bonchev–Trinajstić information content (AvgIpc) is 2.28. The zero-order valence-electron chi connectivity index (χ0n) is 9.22. The van der Waals surface area contributed by atoms with Crippen LogP contribution in [0.3, 0.4) is 0 Å². The van der Waals surface area contributed by atoms with E-state index in [0.29, 0.717) is 12.4 Å². The first-order valence-electron chi connectivity index (χ1n) is 5.42. The molecule has 0 aliphatic carbocycles. The van der Waals surface area contributed by atoms with Crippen LogP contribution in [0.1, 0.15) is 17.5 Å². The molecule has 0 aromatic heterocycles. The normalized spacial score (nSPS) is 15.4. The predicted octanol–water partition coefficient (Wildman–Crippen LogP) is 2.32. The lowest BCUT2D eigenvalue weighted by Crippen LogP contribution is -2.28. The monoisotopic (exact) mass is 227 g/mol. The summed E-state index contributed by atoms with van der Waals surface area (Å²) in [5.41, 5.74) is 1.04. The summed E-state index contributed by atoms with van der Waals surface area (Å²) in [7, 11) is 1.52. The van der Waals surface area contributed by atoms with E-state index < -0.39 is 5.92 Å². The zero-order chi connectivity index (χ0) is 11.6. The third-order valence-electron chi connectivity index (χ3n) is 2.74. The molecule has 0 amide bonds. The number of nitrogens with one attached hydrogen (secondary N) is 1. The predicted molar refractivity (Wildman–Crippen MR) is 58.1 cm³/mol. The first-order valence-corrected chi connectivity index (χ1v) is 5.42. The second kappa shape index (κ2) is 4.37. The molecular formula is C12H15F2NO. The summed E-state index contributed by atoms with van der Waals surface area (Å²) in [4.78, 5) is 0. The van der Waals surface area contributed by atoms with E-state index in [4.69, 9.17) is 4.74 Å². The van der Waals surface area contributed by atoms with Gasteiger partial charge in [-0.15, -0.1) is 0 Å². The highest BCUT2D eigenvalue weighted by Gasteiger charge is 2.31. The summed E-state index contributed by atoms with van der Waals surface area (Å²) < 4.78 is 32.6. The number of alkyl halides is 2. The quantitative estimate of drug-likeness (QED) is 0.855. The minimum Gasteiger partial charge on any atom is -0.493 e. The van der Waals surface area contributed by atoms with Crippen molar-refractivity contribution in [2.24, 2.45) is 0 Å². The molecule has 0 saturated heterocycles. The molecule has 0 fully saturated rings. The summed E-state index contributed by atoms with van der Waals surface area (Å²) in [5.74, 6) is -2.23. The zero-order valence-corrected chi connectivity index (χ0v) is 9.22. The maximum atomic E-state index is 13.6. The summed E-state index contributed by atoms with van der Waals surface area (Å²) in [6, 6.07) is 4.70. The van der Waals surface area contributed by atoms with Crippen LogP contribution < -0.4 is 10.1 Å². The van der Waals surface area contributed by atoms with Crippen LogP contribution in [-0.4, -0.2) is 20.2 Å². The van der Waals surface area contributed by atoms with Crippen molar-refractivity contribution in [3.05, 3.63) is 29.3 Å². The largest absolute Gasteiger partial charge is 0.493 e. The fourth-order valence-corrected chi connectivity index (χ4v) is 1.89. The Hall–Kier alpha value is -1.16. The Morgan fingerprint density at radius 1 is 1.44 bits per heavy atom. The summed E-state index contributed by atoms with van der Waals surface area (Å²) in [6.07, 6.45) is 1.87. The molecule has 0 unspecified atom stereocenters. The highest BCUT2D eigenvalue weighted by atomic mass is 19.3. The van der Waals surface area contributed by atoms with E-state index in [-0.39, 0.29) is 12.1 Å². The van der Waals surface area contributed by atoms with Crippen molar-refractivity contribution >= 4 is 0 Å². The number of aryl methyl sites for hydroxylation is 1. The van der Waals surface area contributed by atoms with Crippen LogP contribution in [-0.2, 0) is 12.3 Å². The van der Waals surface area contributed by atoms with E-state index in [1.807, 2.05) is 0 Å². The molecule has 2 rings (SSSR count). The topological polar surface area (TPSA) is 21.3 Å². The molecule has 4 heteroatoms. The van der Waals surface area contributed by atoms with Gasteiger partial charge in [-0.3, -0.25) is 0 Å². The van der Waals surface area contributed by atoms with Gasteiger partial charge in [0.25, 0.3) is 5.92 Å². The number of fused-ring (bicyclic) bond motifs is 1. The van der Waals surface area contributed by atoms with Gasteiger partial charge in [0.05, 0.1) is 13.2 Å². The number of likely N-dealkylation sites (N-methyl/N-ethyl adjacent to an activating group) is 1. The lowest BCUT2D eigenvalue weighted by Gasteiger charge is -2.21. The van der Waals surface area contributed by atoms with Crippen LogP contribution in [0.2, 0.25) is 0 Å². The fraction of sp³-hybridized carbons (Fsp3) is 0.500. The van der Waals surface area contributed by atoms with Gasteiger partial charge in [-0.1, -0.05) is 12.1 Å². The minimum atomic E-state index is -2.84.